The molecule has 0 saturated heterocycles. The van der Waals surface area contributed by atoms with E-state index in [-0.39, 0.29) is 11.3 Å². The topological polar surface area (TPSA) is 75.3 Å². The van der Waals surface area contributed by atoms with Crippen LogP contribution < -0.4 is 10.0 Å². The van der Waals surface area contributed by atoms with Crippen molar-refractivity contribution in [2.24, 2.45) is 0 Å². The van der Waals surface area contributed by atoms with Crippen molar-refractivity contribution in [2.75, 3.05) is 5.32 Å². The van der Waals surface area contributed by atoms with Crippen molar-refractivity contribution in [3.05, 3.63) is 94.5 Å². The summed E-state index contributed by atoms with van der Waals surface area (Å²) in [6.45, 7) is 3.79. The van der Waals surface area contributed by atoms with Gasteiger partial charge in [-0.15, -0.1) is 0 Å². The largest absolute Gasteiger partial charge is 0.324 e. The fraction of sp³-hybridized carbons (Fsp3) is 0.174. The Bertz CT molecular complexity index is 1110. The lowest BCUT2D eigenvalue weighted by atomic mass is 10.0. The van der Waals surface area contributed by atoms with E-state index >= 15 is 0 Å². The van der Waals surface area contributed by atoms with Gasteiger partial charge in [-0.05, 0) is 61.2 Å². The van der Waals surface area contributed by atoms with Gasteiger partial charge in [0, 0.05) is 10.7 Å². The average molecular weight is 443 g/mol. The normalized spacial score (nSPS) is 12.4. The molecule has 0 fully saturated rings. The van der Waals surface area contributed by atoms with Gasteiger partial charge in [-0.1, -0.05) is 60.1 Å². The fourth-order valence-electron chi connectivity index (χ4n) is 3.13. The summed E-state index contributed by atoms with van der Waals surface area (Å²) in [6, 6.07) is 19.8. The quantitative estimate of drug-likeness (QED) is 0.566. The van der Waals surface area contributed by atoms with E-state index in [0.29, 0.717) is 10.7 Å². The molecule has 2 N–H and O–H groups in total. The maximum Gasteiger partial charge on any atom is 0.242 e. The summed E-state index contributed by atoms with van der Waals surface area (Å²) >= 11 is 5.87. The van der Waals surface area contributed by atoms with Gasteiger partial charge < -0.3 is 5.32 Å². The summed E-state index contributed by atoms with van der Waals surface area (Å²) in [6.07, 6.45) is 0.213. The van der Waals surface area contributed by atoms with E-state index in [0.717, 1.165) is 16.7 Å². The standard InChI is InChI=1S/C23H23ClN2O3S/c1-16-7-6-8-17(2)22(16)25-23(27)21(15-18-9-4-3-5-10-18)26-30(28,29)20-13-11-19(24)12-14-20/h3-14,21,26H,15H2,1-2H3,(H,25,27). The van der Waals surface area contributed by atoms with Gasteiger partial charge in [0.05, 0.1) is 4.90 Å². The Labute approximate surface area is 182 Å². The van der Waals surface area contributed by atoms with Crippen molar-refractivity contribution in [1.29, 1.82) is 0 Å². The zero-order chi connectivity index (χ0) is 21.7. The molecule has 0 aliphatic rings. The third-order valence-corrected chi connectivity index (χ3v) is 6.49. The predicted octanol–water partition coefficient (Wildman–Crippen LogP) is 4.49. The summed E-state index contributed by atoms with van der Waals surface area (Å²) in [7, 11) is -3.92. The highest BCUT2D eigenvalue weighted by Crippen LogP contribution is 2.21. The van der Waals surface area contributed by atoms with Crippen LogP contribution in [0, 0.1) is 13.8 Å². The third kappa shape index (κ3) is 5.48. The van der Waals surface area contributed by atoms with Gasteiger partial charge in [0.15, 0.2) is 0 Å². The number of rotatable bonds is 7. The number of hydrogen-bond donors (Lipinski definition) is 2. The Morgan fingerprint density at radius 1 is 0.900 bits per heavy atom. The monoisotopic (exact) mass is 442 g/mol. The van der Waals surface area contributed by atoms with Crippen LogP contribution in [0.15, 0.2) is 77.7 Å². The lowest BCUT2D eigenvalue weighted by Crippen LogP contribution is -2.45. The van der Waals surface area contributed by atoms with Crippen LogP contribution in [0.5, 0.6) is 0 Å². The van der Waals surface area contributed by atoms with Gasteiger partial charge in [-0.2, -0.15) is 4.72 Å². The molecule has 30 heavy (non-hydrogen) atoms. The number of aryl methyl sites for hydroxylation is 2. The first-order chi connectivity index (χ1) is 14.3. The molecule has 3 aromatic carbocycles. The zero-order valence-corrected chi connectivity index (χ0v) is 18.3. The Morgan fingerprint density at radius 3 is 2.10 bits per heavy atom. The molecule has 5 nitrogen and oxygen atoms in total. The van der Waals surface area contributed by atoms with Gasteiger partial charge in [-0.3, -0.25) is 4.79 Å². The number of carbonyl (C=O) groups excluding carboxylic acids is 1. The van der Waals surface area contributed by atoms with Crippen LogP contribution in [0.3, 0.4) is 0 Å². The minimum atomic E-state index is -3.92. The number of anilines is 1. The molecule has 0 aliphatic heterocycles. The van der Waals surface area contributed by atoms with E-state index in [2.05, 4.69) is 10.0 Å². The number of amides is 1. The summed E-state index contributed by atoms with van der Waals surface area (Å²) < 4.78 is 28.4. The number of benzene rings is 3. The van der Waals surface area contributed by atoms with Crippen molar-refractivity contribution in [2.45, 2.75) is 31.2 Å². The molecule has 1 amide bonds. The maximum atomic E-state index is 13.1. The van der Waals surface area contributed by atoms with Gasteiger partial charge in [0.25, 0.3) is 0 Å². The van der Waals surface area contributed by atoms with Crippen molar-refractivity contribution in [1.82, 2.24) is 4.72 Å². The lowest BCUT2D eigenvalue weighted by Gasteiger charge is -2.20. The molecule has 0 bridgehead atoms. The first kappa shape index (κ1) is 22.0. The van der Waals surface area contributed by atoms with Gasteiger partial charge in [0.2, 0.25) is 15.9 Å². The van der Waals surface area contributed by atoms with Crippen LogP contribution in [0.25, 0.3) is 0 Å². The van der Waals surface area contributed by atoms with Gasteiger partial charge in [0.1, 0.15) is 6.04 Å². The van der Waals surface area contributed by atoms with E-state index in [1.807, 2.05) is 62.4 Å². The van der Waals surface area contributed by atoms with E-state index in [4.69, 9.17) is 11.6 Å². The summed E-state index contributed by atoms with van der Waals surface area (Å²) in [5, 5.41) is 3.33. The third-order valence-electron chi connectivity index (χ3n) is 4.75. The highest BCUT2D eigenvalue weighted by molar-refractivity contribution is 7.89. The second kappa shape index (κ2) is 9.43. The molecule has 0 aromatic heterocycles. The van der Waals surface area contributed by atoms with Crippen LogP contribution in [0.4, 0.5) is 5.69 Å². The number of carbonyl (C=O) groups is 1. The van der Waals surface area contributed by atoms with Crippen molar-refractivity contribution >= 4 is 33.2 Å². The SMILES string of the molecule is Cc1cccc(C)c1NC(=O)C(Cc1ccccc1)NS(=O)(=O)c1ccc(Cl)cc1. The highest BCUT2D eigenvalue weighted by Gasteiger charge is 2.26. The van der Waals surface area contributed by atoms with E-state index in [1.165, 1.54) is 24.3 Å². The molecule has 3 aromatic rings. The Hall–Kier alpha value is -2.67. The number of nitrogens with one attached hydrogen (secondary N) is 2. The van der Waals surface area contributed by atoms with Crippen LogP contribution >= 0.6 is 11.6 Å². The fourth-order valence-corrected chi connectivity index (χ4v) is 4.45. The lowest BCUT2D eigenvalue weighted by molar-refractivity contribution is -0.117. The van der Waals surface area contributed by atoms with Crippen LogP contribution in [0.1, 0.15) is 16.7 Å². The minimum Gasteiger partial charge on any atom is -0.324 e. The van der Waals surface area contributed by atoms with Gasteiger partial charge >= 0.3 is 0 Å². The number of halogens is 1. The second-order valence-electron chi connectivity index (χ2n) is 7.07. The molecule has 7 heteroatoms. The molecule has 1 unspecified atom stereocenters. The molecule has 0 spiro atoms. The van der Waals surface area contributed by atoms with E-state index in [1.54, 1.807) is 0 Å². The average Bonchev–Trinajstić information content (AvgIpc) is 2.71. The second-order valence-corrected chi connectivity index (χ2v) is 9.22. The molecule has 0 heterocycles. The summed E-state index contributed by atoms with van der Waals surface area (Å²) in [5.41, 5.74) is 3.34. The van der Waals surface area contributed by atoms with Crippen molar-refractivity contribution < 1.29 is 13.2 Å². The zero-order valence-electron chi connectivity index (χ0n) is 16.7. The van der Waals surface area contributed by atoms with Crippen molar-refractivity contribution in [3.8, 4) is 0 Å². The van der Waals surface area contributed by atoms with Gasteiger partial charge in [-0.25, -0.2) is 8.42 Å². The van der Waals surface area contributed by atoms with Crippen molar-refractivity contribution in [3.63, 3.8) is 0 Å². The Kier molecular flexibility index (Phi) is 6.92. The Balaban J connectivity index is 1.90. The molecule has 0 radical (unpaired) electrons. The number of hydrogen-bond acceptors (Lipinski definition) is 3. The molecular formula is C23H23ClN2O3S. The number of para-hydroxylation sites is 1. The van der Waals surface area contributed by atoms with Crippen LogP contribution in [-0.2, 0) is 21.2 Å². The summed E-state index contributed by atoms with van der Waals surface area (Å²) in [4.78, 5) is 13.2. The molecule has 0 aliphatic carbocycles. The number of sulfonamides is 1. The first-order valence-corrected chi connectivity index (χ1v) is 11.3. The molecular weight excluding hydrogens is 420 g/mol. The predicted molar refractivity (Wildman–Crippen MR) is 120 cm³/mol. The molecule has 156 valence electrons. The van der Waals surface area contributed by atoms with E-state index in [9.17, 15) is 13.2 Å². The van der Waals surface area contributed by atoms with Crippen LogP contribution in [-0.4, -0.2) is 20.4 Å². The molecule has 1 atom stereocenters. The minimum absolute atomic E-state index is 0.0461. The molecule has 3 rings (SSSR count). The first-order valence-electron chi connectivity index (χ1n) is 9.45. The van der Waals surface area contributed by atoms with Crippen LogP contribution in [0.2, 0.25) is 5.02 Å². The maximum absolute atomic E-state index is 13.1. The molecule has 0 saturated carbocycles. The van der Waals surface area contributed by atoms with E-state index < -0.39 is 22.0 Å². The summed E-state index contributed by atoms with van der Waals surface area (Å²) in [5.74, 6) is -0.422. The Morgan fingerprint density at radius 2 is 1.50 bits per heavy atom. The smallest absolute Gasteiger partial charge is 0.242 e. The highest BCUT2D eigenvalue weighted by atomic mass is 35.5.